The number of nitrogens with zero attached hydrogens (tertiary/aromatic N) is 6. The van der Waals surface area contributed by atoms with Gasteiger partial charge in [0.25, 0.3) is 0 Å². The third kappa shape index (κ3) is 6.72. The summed E-state index contributed by atoms with van der Waals surface area (Å²) in [5, 5.41) is 4.90. The van der Waals surface area contributed by atoms with E-state index in [1.165, 1.54) is 0 Å². The molecule has 3 fully saturated rings. The Labute approximate surface area is 259 Å². The third-order valence-electron chi connectivity index (χ3n) is 9.27. The van der Waals surface area contributed by atoms with Gasteiger partial charge in [-0.3, -0.25) is 14.4 Å². The van der Waals surface area contributed by atoms with Gasteiger partial charge >= 0.3 is 6.09 Å². The van der Waals surface area contributed by atoms with Crippen LogP contribution in [0.5, 0.6) is 0 Å². The van der Waals surface area contributed by atoms with E-state index in [0.29, 0.717) is 72.6 Å². The molecule has 0 aliphatic carbocycles. The molecule has 0 spiro atoms. The number of aromatic nitrogens is 2. The third-order valence-corrected chi connectivity index (χ3v) is 11.8. The Kier molecular flexibility index (Phi) is 9.41. The molecule has 5 rings (SSSR count). The minimum absolute atomic E-state index is 0.0415. The second-order valence-corrected chi connectivity index (χ2v) is 14.5. The molecule has 1 aromatic heterocycles. The van der Waals surface area contributed by atoms with E-state index in [9.17, 15) is 18.0 Å². The number of aryl methyl sites for hydroxylation is 3. The lowest BCUT2D eigenvalue weighted by atomic mass is 10.0. The Balaban J connectivity index is 1.17. The van der Waals surface area contributed by atoms with Crippen LogP contribution in [-0.2, 0) is 26.6 Å². The molecule has 2 unspecified atom stereocenters. The predicted molar refractivity (Wildman–Crippen MR) is 165 cm³/mol. The van der Waals surface area contributed by atoms with Crippen LogP contribution in [0, 0.1) is 32.6 Å². The van der Waals surface area contributed by atoms with Crippen molar-refractivity contribution in [1.82, 2.24) is 23.9 Å². The lowest BCUT2D eigenvalue weighted by molar-refractivity contribution is -0.130. The lowest BCUT2D eigenvalue weighted by Crippen LogP contribution is -2.43. The van der Waals surface area contributed by atoms with E-state index < -0.39 is 16.1 Å². The number of piperidine rings is 1. The minimum Gasteiger partial charge on any atom is -0.446 e. The number of hydrogen-bond donors (Lipinski definition) is 0. The highest BCUT2D eigenvalue weighted by Gasteiger charge is 2.45. The van der Waals surface area contributed by atoms with Crippen LogP contribution in [0.2, 0.25) is 5.02 Å². The van der Waals surface area contributed by atoms with Crippen molar-refractivity contribution in [2.75, 3.05) is 57.3 Å². The van der Waals surface area contributed by atoms with Crippen molar-refractivity contribution < 1.29 is 22.7 Å². The maximum absolute atomic E-state index is 13.5. The van der Waals surface area contributed by atoms with Gasteiger partial charge in [-0.2, -0.15) is 9.40 Å². The molecule has 13 heteroatoms. The van der Waals surface area contributed by atoms with Crippen LogP contribution in [0.15, 0.2) is 23.1 Å². The van der Waals surface area contributed by atoms with Crippen molar-refractivity contribution in [1.29, 1.82) is 0 Å². The summed E-state index contributed by atoms with van der Waals surface area (Å²) in [6, 6.07) is 5.60. The minimum atomic E-state index is -3.59. The molecule has 3 aliphatic rings. The van der Waals surface area contributed by atoms with Crippen LogP contribution in [0.1, 0.15) is 43.1 Å². The summed E-state index contributed by atoms with van der Waals surface area (Å²) in [6.45, 7) is 12.2. The van der Waals surface area contributed by atoms with E-state index in [1.54, 1.807) is 52.7 Å². The summed E-state index contributed by atoms with van der Waals surface area (Å²) < 4.78 is 36.1. The normalized spacial score (nSPS) is 21.8. The first kappa shape index (κ1) is 31.7. The van der Waals surface area contributed by atoms with E-state index in [0.717, 1.165) is 31.6 Å². The van der Waals surface area contributed by atoms with E-state index in [1.807, 2.05) is 19.1 Å². The van der Waals surface area contributed by atoms with Gasteiger partial charge < -0.3 is 14.5 Å². The van der Waals surface area contributed by atoms with Gasteiger partial charge in [0.2, 0.25) is 15.9 Å². The Morgan fingerprint density at radius 3 is 2.28 bits per heavy atom. The number of halogens is 1. The van der Waals surface area contributed by atoms with Crippen LogP contribution >= 0.6 is 11.6 Å². The number of likely N-dealkylation sites (tertiary alicyclic amines) is 2. The molecule has 0 bridgehead atoms. The molecule has 1 aromatic carbocycles. The topological polar surface area (TPSA) is 108 Å². The second kappa shape index (κ2) is 12.7. The molecule has 2 atom stereocenters. The maximum atomic E-state index is 13.5. The number of carbonyl (C=O) groups is 2. The van der Waals surface area contributed by atoms with Crippen molar-refractivity contribution in [2.24, 2.45) is 18.9 Å². The van der Waals surface area contributed by atoms with Gasteiger partial charge in [0.15, 0.2) is 0 Å². The van der Waals surface area contributed by atoms with Gasteiger partial charge in [0.05, 0.1) is 11.4 Å². The summed E-state index contributed by atoms with van der Waals surface area (Å²) in [7, 11) is -1.82. The molecule has 3 aliphatic heterocycles. The number of anilines is 1. The molecule has 4 heterocycles. The Morgan fingerprint density at radius 1 is 1.07 bits per heavy atom. The van der Waals surface area contributed by atoms with Crippen molar-refractivity contribution in [3.8, 4) is 0 Å². The van der Waals surface area contributed by atoms with Gasteiger partial charge in [-0.05, 0) is 63.3 Å². The smallest absolute Gasteiger partial charge is 0.414 e. The quantitative estimate of drug-likeness (QED) is 0.437. The molecule has 0 radical (unpaired) electrons. The van der Waals surface area contributed by atoms with E-state index in [2.05, 4.69) is 10.00 Å². The highest BCUT2D eigenvalue weighted by Crippen LogP contribution is 2.35. The van der Waals surface area contributed by atoms with Crippen LogP contribution in [0.3, 0.4) is 0 Å². The maximum Gasteiger partial charge on any atom is 0.414 e. The average molecular weight is 635 g/mol. The number of hydrogen-bond acceptors (Lipinski definition) is 7. The van der Waals surface area contributed by atoms with Gasteiger partial charge in [-0.15, -0.1) is 0 Å². The summed E-state index contributed by atoms with van der Waals surface area (Å²) in [5.74, 6) is 0.606. The summed E-state index contributed by atoms with van der Waals surface area (Å²) in [6.07, 6.45) is 1.34. The number of sulfonamides is 1. The van der Waals surface area contributed by atoms with Crippen LogP contribution in [-0.4, -0.2) is 103 Å². The number of carbonyl (C=O) groups excluding carboxylic acids is 2. The van der Waals surface area contributed by atoms with Crippen LogP contribution in [0.4, 0.5) is 10.5 Å². The molecule has 43 heavy (non-hydrogen) atoms. The number of benzene rings is 1. The monoisotopic (exact) mass is 634 g/mol. The van der Waals surface area contributed by atoms with Crippen molar-refractivity contribution in [3.63, 3.8) is 0 Å². The van der Waals surface area contributed by atoms with E-state index in [4.69, 9.17) is 16.3 Å². The van der Waals surface area contributed by atoms with Crippen molar-refractivity contribution >= 4 is 39.3 Å². The first-order valence-electron chi connectivity index (χ1n) is 15.1. The molecule has 2 aromatic rings. The predicted octanol–water partition coefficient (Wildman–Crippen LogP) is 3.60. The lowest BCUT2D eigenvalue weighted by Gasteiger charge is -2.32. The largest absolute Gasteiger partial charge is 0.446 e. The molecule has 236 valence electrons. The zero-order chi connectivity index (χ0) is 31.1. The van der Waals surface area contributed by atoms with Crippen LogP contribution < -0.4 is 4.90 Å². The number of ether oxygens (including phenoxy) is 1. The zero-order valence-electron chi connectivity index (χ0n) is 25.8. The van der Waals surface area contributed by atoms with E-state index >= 15 is 0 Å². The molecule has 0 N–H and O–H groups in total. The van der Waals surface area contributed by atoms with Gasteiger partial charge in [-0.1, -0.05) is 17.7 Å². The average Bonchev–Trinajstić information content (AvgIpc) is 3.60. The summed E-state index contributed by atoms with van der Waals surface area (Å²) >= 11 is 6.42. The van der Waals surface area contributed by atoms with Gasteiger partial charge in [0.1, 0.15) is 11.0 Å². The van der Waals surface area contributed by atoms with Gasteiger partial charge in [0, 0.05) is 83.3 Å². The fourth-order valence-electron chi connectivity index (χ4n) is 6.71. The number of amides is 2. The number of fused-ring (bicyclic) bond motifs is 1. The van der Waals surface area contributed by atoms with E-state index in [-0.39, 0.29) is 23.8 Å². The first-order chi connectivity index (χ1) is 20.3. The molecular weight excluding hydrogens is 592 g/mol. The Morgan fingerprint density at radius 2 is 1.72 bits per heavy atom. The molecular formula is C30H43ClN6O5S. The summed E-state index contributed by atoms with van der Waals surface area (Å²) in [5.41, 5.74) is 2.83. The van der Waals surface area contributed by atoms with Gasteiger partial charge in [-0.25, -0.2) is 13.2 Å². The molecule has 2 amide bonds. The second-order valence-electron chi connectivity index (χ2n) is 12.3. The molecule has 0 saturated carbocycles. The van der Waals surface area contributed by atoms with Crippen molar-refractivity contribution in [2.45, 2.75) is 58.0 Å². The standard InChI is InChI=1S/C30H43ClN6O5S/c1-20-7-8-26(15-28(20)31)37(30(39)42-27-9-13-35(14-10-27)23(4)38)12-6-11-34-16-24-18-36(19-25(24)17-34)43(40,41)29-21(2)32-33(5)22(29)3/h7-8,15,24-25,27H,6,9-14,16-19H2,1-5H3. The number of rotatable bonds is 8. The fourth-order valence-corrected chi connectivity index (χ4v) is 8.83. The molecule has 11 nitrogen and oxygen atoms in total. The zero-order valence-corrected chi connectivity index (χ0v) is 27.3. The SMILES string of the molecule is CC(=O)N1CCC(OC(=O)N(CCCN2CC3CN(S(=O)(=O)c4c(C)nn(C)c4C)CC3C2)c2ccc(C)c(Cl)c2)CC1. The first-order valence-corrected chi connectivity index (χ1v) is 16.9. The fraction of sp³-hybridized carbons (Fsp3) is 0.633. The highest BCUT2D eigenvalue weighted by molar-refractivity contribution is 7.89. The summed E-state index contributed by atoms with van der Waals surface area (Å²) in [4.78, 5) is 31.2. The Bertz CT molecular complexity index is 1460. The van der Waals surface area contributed by atoms with Crippen molar-refractivity contribution in [3.05, 3.63) is 40.2 Å². The molecule has 3 saturated heterocycles. The highest BCUT2D eigenvalue weighted by atomic mass is 35.5. The van der Waals surface area contributed by atoms with Crippen LogP contribution in [0.25, 0.3) is 0 Å². The Hall–Kier alpha value is -2.67.